The Morgan fingerprint density at radius 3 is 2.74 bits per heavy atom. The van der Waals surface area contributed by atoms with E-state index in [2.05, 4.69) is 24.6 Å². The summed E-state index contributed by atoms with van der Waals surface area (Å²) in [4.78, 5) is 13.7. The highest BCUT2D eigenvalue weighted by Gasteiger charge is 2.16. The Morgan fingerprint density at radius 1 is 1.16 bits per heavy atom. The number of rotatable bonds is 8. The number of hydrogen-bond acceptors (Lipinski definition) is 10. The maximum absolute atomic E-state index is 13.3. The first-order chi connectivity index (χ1) is 15.1. The number of aromatic nitrogens is 4. The maximum Gasteiger partial charge on any atom is 0.208 e. The van der Waals surface area contributed by atoms with Crippen LogP contribution in [0.4, 0.5) is 15.3 Å². The van der Waals surface area contributed by atoms with E-state index in [9.17, 15) is 9.50 Å². The minimum atomic E-state index is -1.16. The second kappa shape index (κ2) is 9.79. The van der Waals surface area contributed by atoms with Gasteiger partial charge in [-0.1, -0.05) is 17.8 Å². The number of hydrogen-bond donors (Lipinski definition) is 3. The van der Waals surface area contributed by atoms with Crippen LogP contribution in [0.2, 0.25) is 0 Å². The SMILES string of the molecule is OC[C@@H](O)c1nsc(Nc2ncc(Sc3ccccn3)cc2Oc2ccc(F)cc2)n1. The second-order valence-electron chi connectivity index (χ2n) is 6.12. The van der Waals surface area contributed by atoms with Gasteiger partial charge in [0.25, 0.3) is 0 Å². The Labute approximate surface area is 185 Å². The summed E-state index contributed by atoms with van der Waals surface area (Å²) in [5.74, 6) is 0.910. The molecule has 0 radical (unpaired) electrons. The summed E-state index contributed by atoms with van der Waals surface area (Å²) in [5, 5.41) is 22.9. The standard InChI is InChI=1S/C20H16FN5O3S2/c21-12-4-6-13(7-5-12)29-16-9-14(30-17-3-1-2-8-22-17)10-23-19(16)25-20-24-18(26-31-20)15(28)11-27/h1-10,15,27-28H,11H2,(H,23,24,25,26)/t15-/m1/s1. The smallest absolute Gasteiger partial charge is 0.208 e. The maximum atomic E-state index is 13.3. The quantitative estimate of drug-likeness (QED) is 0.358. The van der Waals surface area contributed by atoms with Gasteiger partial charge in [0.2, 0.25) is 5.13 Å². The van der Waals surface area contributed by atoms with Crippen molar-refractivity contribution in [2.75, 3.05) is 11.9 Å². The lowest BCUT2D eigenvalue weighted by molar-refractivity contribution is 0.0897. The predicted octanol–water partition coefficient (Wildman–Crippen LogP) is 4.18. The normalized spacial score (nSPS) is 11.8. The highest BCUT2D eigenvalue weighted by atomic mass is 32.2. The largest absolute Gasteiger partial charge is 0.453 e. The zero-order valence-corrected chi connectivity index (χ0v) is 17.5. The molecule has 3 aromatic heterocycles. The second-order valence-corrected chi connectivity index (χ2v) is 7.97. The van der Waals surface area contributed by atoms with Gasteiger partial charge in [0.05, 0.1) is 6.61 Å². The minimum Gasteiger partial charge on any atom is -0.453 e. The van der Waals surface area contributed by atoms with Crippen molar-refractivity contribution < 1.29 is 19.3 Å². The van der Waals surface area contributed by atoms with Crippen molar-refractivity contribution in [3.8, 4) is 11.5 Å². The molecule has 0 spiro atoms. The highest BCUT2D eigenvalue weighted by Crippen LogP contribution is 2.36. The molecule has 4 rings (SSSR count). The van der Waals surface area contributed by atoms with Gasteiger partial charge in [0.15, 0.2) is 17.4 Å². The van der Waals surface area contributed by atoms with Crippen molar-refractivity contribution in [1.29, 1.82) is 0 Å². The van der Waals surface area contributed by atoms with E-state index in [-0.39, 0.29) is 11.6 Å². The molecule has 0 fully saturated rings. The predicted molar refractivity (Wildman–Crippen MR) is 114 cm³/mol. The lowest BCUT2D eigenvalue weighted by atomic mass is 10.3. The Balaban J connectivity index is 1.62. The van der Waals surface area contributed by atoms with Crippen LogP contribution in [0.15, 0.2) is 70.8 Å². The van der Waals surface area contributed by atoms with Crippen molar-refractivity contribution in [2.24, 2.45) is 0 Å². The van der Waals surface area contributed by atoms with E-state index in [1.807, 2.05) is 18.2 Å². The molecule has 11 heteroatoms. The van der Waals surface area contributed by atoms with Crippen LogP contribution >= 0.6 is 23.3 Å². The summed E-state index contributed by atoms with van der Waals surface area (Å²) in [7, 11) is 0. The summed E-state index contributed by atoms with van der Waals surface area (Å²) >= 11 is 2.42. The fraction of sp³-hybridized carbons (Fsp3) is 0.100. The molecule has 0 aliphatic heterocycles. The minimum absolute atomic E-state index is 0.110. The average Bonchev–Trinajstić information content (AvgIpc) is 3.26. The topological polar surface area (TPSA) is 113 Å². The first-order valence-electron chi connectivity index (χ1n) is 9.02. The van der Waals surface area contributed by atoms with Crippen LogP contribution in [0, 0.1) is 5.82 Å². The molecule has 4 aromatic rings. The fourth-order valence-electron chi connectivity index (χ4n) is 2.42. The molecule has 0 unspecified atom stereocenters. The summed E-state index contributed by atoms with van der Waals surface area (Å²) < 4.78 is 23.2. The zero-order chi connectivity index (χ0) is 21.6. The summed E-state index contributed by atoms with van der Waals surface area (Å²) in [6.07, 6.45) is 2.20. The molecule has 3 heterocycles. The van der Waals surface area contributed by atoms with E-state index in [0.717, 1.165) is 21.5 Å². The monoisotopic (exact) mass is 457 g/mol. The molecular formula is C20H16FN5O3S2. The number of aliphatic hydroxyl groups is 2. The number of ether oxygens (including phenoxy) is 1. The van der Waals surface area contributed by atoms with Gasteiger partial charge in [-0.3, -0.25) is 0 Å². The average molecular weight is 458 g/mol. The Bertz CT molecular complexity index is 1150. The number of nitrogens with one attached hydrogen (secondary N) is 1. The van der Waals surface area contributed by atoms with Gasteiger partial charge in [-0.25, -0.2) is 19.3 Å². The number of aliphatic hydroxyl groups excluding tert-OH is 2. The zero-order valence-electron chi connectivity index (χ0n) is 15.8. The molecule has 31 heavy (non-hydrogen) atoms. The van der Waals surface area contributed by atoms with Gasteiger partial charge in [0.1, 0.15) is 22.7 Å². The van der Waals surface area contributed by atoms with Gasteiger partial charge in [-0.15, -0.1) is 0 Å². The molecule has 8 nitrogen and oxygen atoms in total. The molecule has 1 atom stereocenters. The summed E-state index contributed by atoms with van der Waals surface area (Å²) in [6, 6.07) is 13.0. The van der Waals surface area contributed by atoms with Crippen LogP contribution in [-0.4, -0.2) is 36.1 Å². The van der Waals surface area contributed by atoms with Crippen LogP contribution in [0.3, 0.4) is 0 Å². The summed E-state index contributed by atoms with van der Waals surface area (Å²) in [5.41, 5.74) is 0. The van der Waals surface area contributed by atoms with Gasteiger partial charge in [0, 0.05) is 34.9 Å². The van der Waals surface area contributed by atoms with Crippen LogP contribution in [0.1, 0.15) is 11.9 Å². The lowest BCUT2D eigenvalue weighted by Gasteiger charge is -2.12. The van der Waals surface area contributed by atoms with E-state index in [4.69, 9.17) is 9.84 Å². The third kappa shape index (κ3) is 5.52. The Kier molecular flexibility index (Phi) is 6.67. The summed E-state index contributed by atoms with van der Waals surface area (Å²) in [6.45, 7) is -0.479. The molecule has 0 saturated heterocycles. The van der Waals surface area contributed by atoms with Gasteiger partial charge >= 0.3 is 0 Å². The molecule has 3 N–H and O–H groups in total. The van der Waals surface area contributed by atoms with Crippen molar-refractivity contribution in [2.45, 2.75) is 16.0 Å². The van der Waals surface area contributed by atoms with Gasteiger partial charge < -0.3 is 20.3 Å². The number of halogens is 1. The van der Waals surface area contributed by atoms with Gasteiger partial charge in [-0.05, 0) is 36.4 Å². The molecule has 0 amide bonds. The lowest BCUT2D eigenvalue weighted by Crippen LogP contribution is -2.04. The number of anilines is 2. The van der Waals surface area contributed by atoms with Crippen molar-refractivity contribution in [3.63, 3.8) is 0 Å². The van der Waals surface area contributed by atoms with E-state index < -0.39 is 12.7 Å². The molecule has 0 saturated carbocycles. The van der Waals surface area contributed by atoms with Gasteiger partial charge in [-0.2, -0.15) is 4.37 Å². The highest BCUT2D eigenvalue weighted by molar-refractivity contribution is 7.99. The van der Waals surface area contributed by atoms with E-state index >= 15 is 0 Å². The molecule has 1 aromatic carbocycles. The molecule has 0 aliphatic carbocycles. The van der Waals surface area contributed by atoms with Crippen LogP contribution in [-0.2, 0) is 0 Å². The Hall–Kier alpha value is -3.12. The van der Waals surface area contributed by atoms with E-state index in [1.54, 1.807) is 18.5 Å². The first-order valence-corrected chi connectivity index (χ1v) is 10.6. The van der Waals surface area contributed by atoms with E-state index in [0.29, 0.717) is 22.4 Å². The van der Waals surface area contributed by atoms with Crippen LogP contribution in [0.25, 0.3) is 0 Å². The van der Waals surface area contributed by atoms with Crippen molar-refractivity contribution in [1.82, 2.24) is 19.3 Å². The number of pyridine rings is 2. The molecule has 158 valence electrons. The van der Waals surface area contributed by atoms with Crippen LogP contribution < -0.4 is 10.1 Å². The third-order valence-corrected chi connectivity index (χ3v) is 5.42. The molecule has 0 aliphatic rings. The first kappa shape index (κ1) is 21.1. The van der Waals surface area contributed by atoms with Crippen LogP contribution in [0.5, 0.6) is 11.5 Å². The van der Waals surface area contributed by atoms with E-state index in [1.165, 1.54) is 36.0 Å². The van der Waals surface area contributed by atoms with Crippen molar-refractivity contribution >= 4 is 34.2 Å². The fourth-order valence-corrected chi connectivity index (χ4v) is 3.81. The number of benzene rings is 1. The number of nitrogens with zero attached hydrogens (tertiary/aromatic N) is 4. The molecule has 0 bridgehead atoms. The van der Waals surface area contributed by atoms with Crippen molar-refractivity contribution in [3.05, 3.63) is 72.6 Å². The Morgan fingerprint density at radius 2 is 2.00 bits per heavy atom. The molecular weight excluding hydrogens is 441 g/mol. The third-order valence-electron chi connectivity index (χ3n) is 3.87.